The second kappa shape index (κ2) is 13.4. The first-order chi connectivity index (χ1) is 26.7. The molecule has 0 aliphatic heterocycles. The fourth-order valence-electron chi connectivity index (χ4n) is 6.98. The molecule has 6 aromatic carbocycles. The SMILES string of the molecule is Cc1nc(C)nc(-c2ccc3c(c2)c2ccccc2n3-c2cc(-c3ccc(C(F)(F)F)cc3)ccc2-c2nc(-c3ccccc3)nc(-c3ccccc3)n2)n1. The third kappa shape index (κ3) is 6.37. The molecule has 0 fully saturated rings. The van der Waals surface area contributed by atoms with Crippen molar-refractivity contribution >= 4 is 21.8 Å². The third-order valence-corrected chi connectivity index (χ3v) is 9.51. The Morgan fingerprint density at radius 2 is 0.945 bits per heavy atom. The summed E-state index contributed by atoms with van der Waals surface area (Å²) in [7, 11) is 0. The zero-order chi connectivity index (χ0) is 37.7. The summed E-state index contributed by atoms with van der Waals surface area (Å²) >= 11 is 0. The summed E-state index contributed by atoms with van der Waals surface area (Å²) in [6.45, 7) is 3.70. The summed E-state index contributed by atoms with van der Waals surface area (Å²) in [6, 6.07) is 44.8. The van der Waals surface area contributed by atoms with E-state index in [9.17, 15) is 13.2 Å². The molecule has 0 aliphatic carbocycles. The highest BCUT2D eigenvalue weighted by molar-refractivity contribution is 6.11. The number of halogens is 3. The van der Waals surface area contributed by atoms with E-state index in [1.165, 1.54) is 12.1 Å². The summed E-state index contributed by atoms with van der Waals surface area (Å²) in [5.74, 6) is 3.32. The van der Waals surface area contributed by atoms with Crippen LogP contribution in [0.5, 0.6) is 0 Å². The number of hydrogen-bond acceptors (Lipinski definition) is 6. The first-order valence-electron chi connectivity index (χ1n) is 17.6. The van der Waals surface area contributed by atoms with Crippen LogP contribution in [0.1, 0.15) is 17.2 Å². The van der Waals surface area contributed by atoms with Gasteiger partial charge in [-0.1, -0.05) is 97.1 Å². The highest BCUT2D eigenvalue weighted by atomic mass is 19.4. The predicted octanol–water partition coefficient (Wildman–Crippen LogP) is 11.1. The van der Waals surface area contributed by atoms with Gasteiger partial charge in [0.05, 0.1) is 22.3 Å². The van der Waals surface area contributed by atoms with Gasteiger partial charge in [-0.15, -0.1) is 0 Å². The van der Waals surface area contributed by atoms with E-state index < -0.39 is 11.7 Å². The van der Waals surface area contributed by atoms with Gasteiger partial charge in [0.1, 0.15) is 11.6 Å². The molecule has 0 bridgehead atoms. The van der Waals surface area contributed by atoms with E-state index in [1.54, 1.807) is 0 Å². The van der Waals surface area contributed by atoms with E-state index in [2.05, 4.69) is 37.7 Å². The summed E-state index contributed by atoms with van der Waals surface area (Å²) in [4.78, 5) is 28.6. The molecule has 0 radical (unpaired) electrons. The number of aryl methyl sites for hydroxylation is 2. The van der Waals surface area contributed by atoms with E-state index in [1.807, 2.05) is 117 Å². The molecule has 0 saturated carbocycles. The second-order valence-electron chi connectivity index (χ2n) is 13.2. The second-order valence-corrected chi connectivity index (χ2v) is 13.2. The maximum Gasteiger partial charge on any atom is 0.416 e. The molecule has 9 aromatic rings. The van der Waals surface area contributed by atoms with E-state index in [0.29, 0.717) is 46.1 Å². The lowest BCUT2D eigenvalue weighted by atomic mass is 10.00. The van der Waals surface area contributed by atoms with Gasteiger partial charge in [-0.3, -0.25) is 0 Å². The fraction of sp³-hybridized carbons (Fsp3) is 0.0667. The molecule has 0 N–H and O–H groups in total. The molecule has 3 aromatic heterocycles. The van der Waals surface area contributed by atoms with E-state index in [-0.39, 0.29) is 0 Å². The van der Waals surface area contributed by atoms with Gasteiger partial charge >= 0.3 is 6.18 Å². The molecule has 0 aliphatic rings. The van der Waals surface area contributed by atoms with Gasteiger partial charge in [-0.05, 0) is 73.5 Å². The minimum Gasteiger partial charge on any atom is -0.308 e. The molecule has 9 rings (SSSR count). The topological polar surface area (TPSA) is 82.3 Å². The summed E-state index contributed by atoms with van der Waals surface area (Å²) in [6.07, 6.45) is -4.44. The van der Waals surface area contributed by atoms with Crippen LogP contribution in [0, 0.1) is 13.8 Å². The molecular weight excluding hydrogens is 696 g/mol. The average molecular weight is 726 g/mol. The summed E-state index contributed by atoms with van der Waals surface area (Å²) in [5.41, 5.74) is 6.45. The zero-order valence-corrected chi connectivity index (χ0v) is 29.6. The minimum absolute atomic E-state index is 0.445. The lowest BCUT2D eigenvalue weighted by Gasteiger charge is -2.17. The quantitative estimate of drug-likeness (QED) is 0.170. The van der Waals surface area contributed by atoms with Crippen LogP contribution in [0.4, 0.5) is 13.2 Å². The van der Waals surface area contributed by atoms with Crippen molar-refractivity contribution in [3.05, 3.63) is 163 Å². The Labute approximate surface area is 313 Å². The lowest BCUT2D eigenvalue weighted by Crippen LogP contribution is -2.05. The van der Waals surface area contributed by atoms with Crippen LogP contribution in [0.15, 0.2) is 146 Å². The van der Waals surface area contributed by atoms with Crippen molar-refractivity contribution in [2.24, 2.45) is 0 Å². The Morgan fingerprint density at radius 3 is 1.58 bits per heavy atom. The van der Waals surface area contributed by atoms with Crippen molar-refractivity contribution < 1.29 is 13.2 Å². The van der Waals surface area contributed by atoms with Crippen molar-refractivity contribution in [1.82, 2.24) is 34.5 Å². The molecule has 0 spiro atoms. The van der Waals surface area contributed by atoms with Crippen LogP contribution in [0.25, 0.3) is 84.2 Å². The van der Waals surface area contributed by atoms with Crippen LogP contribution >= 0.6 is 0 Å². The lowest BCUT2D eigenvalue weighted by molar-refractivity contribution is -0.137. The van der Waals surface area contributed by atoms with Crippen molar-refractivity contribution in [2.75, 3.05) is 0 Å². The Kier molecular flexibility index (Phi) is 8.23. The molecular formula is C45H30F3N7. The van der Waals surface area contributed by atoms with Crippen LogP contribution in [-0.4, -0.2) is 34.5 Å². The van der Waals surface area contributed by atoms with Crippen LogP contribution in [0.2, 0.25) is 0 Å². The Hall–Kier alpha value is -7.07. The van der Waals surface area contributed by atoms with Gasteiger partial charge in [0, 0.05) is 33.0 Å². The van der Waals surface area contributed by atoms with Gasteiger partial charge < -0.3 is 4.57 Å². The number of fused-ring (bicyclic) bond motifs is 3. The average Bonchev–Trinajstić information content (AvgIpc) is 3.54. The molecule has 7 nitrogen and oxygen atoms in total. The summed E-state index contributed by atoms with van der Waals surface area (Å²) < 4.78 is 42.9. The molecule has 10 heteroatoms. The van der Waals surface area contributed by atoms with E-state index in [0.717, 1.165) is 61.9 Å². The minimum atomic E-state index is -4.44. The molecule has 3 heterocycles. The first kappa shape index (κ1) is 33.7. The molecule has 0 atom stereocenters. The van der Waals surface area contributed by atoms with Crippen molar-refractivity contribution in [3.8, 4) is 62.4 Å². The molecule has 0 amide bonds. The van der Waals surface area contributed by atoms with Crippen LogP contribution < -0.4 is 0 Å². The first-order valence-corrected chi connectivity index (χ1v) is 17.6. The monoisotopic (exact) mass is 725 g/mol. The van der Waals surface area contributed by atoms with Crippen LogP contribution in [-0.2, 0) is 6.18 Å². The number of para-hydroxylation sites is 1. The van der Waals surface area contributed by atoms with Gasteiger partial charge in [-0.25, -0.2) is 29.9 Å². The molecule has 0 saturated heterocycles. The van der Waals surface area contributed by atoms with E-state index in [4.69, 9.17) is 15.0 Å². The maximum absolute atomic E-state index is 13.6. The Morgan fingerprint density at radius 1 is 0.418 bits per heavy atom. The van der Waals surface area contributed by atoms with E-state index >= 15 is 0 Å². The number of aromatic nitrogens is 7. The largest absolute Gasteiger partial charge is 0.416 e. The van der Waals surface area contributed by atoms with Gasteiger partial charge in [0.15, 0.2) is 23.3 Å². The number of hydrogen-bond donors (Lipinski definition) is 0. The van der Waals surface area contributed by atoms with Crippen molar-refractivity contribution in [2.45, 2.75) is 20.0 Å². The Balaban J connectivity index is 1.32. The zero-order valence-electron chi connectivity index (χ0n) is 29.6. The van der Waals surface area contributed by atoms with Gasteiger partial charge in [0.25, 0.3) is 0 Å². The fourth-order valence-corrected chi connectivity index (χ4v) is 6.98. The van der Waals surface area contributed by atoms with Gasteiger partial charge in [-0.2, -0.15) is 13.2 Å². The number of nitrogens with zero attached hydrogens (tertiary/aromatic N) is 7. The molecule has 0 unspecified atom stereocenters. The number of rotatable bonds is 6. The van der Waals surface area contributed by atoms with Crippen LogP contribution in [0.3, 0.4) is 0 Å². The van der Waals surface area contributed by atoms with Crippen molar-refractivity contribution in [3.63, 3.8) is 0 Å². The number of alkyl halides is 3. The standard InChI is InChI=1S/C45H30F3N7/c1-27-49-28(2)51-43(50-27)33-20-24-39-37(25-33)35-15-9-10-16-38(35)55(39)40-26-32(29-17-21-34(22-18-29)45(46,47)48)19-23-36(40)44-53-41(30-11-5-3-6-12-30)52-42(54-44)31-13-7-4-8-14-31/h3-26H,1-2H3. The normalized spacial score (nSPS) is 11.7. The highest BCUT2D eigenvalue weighted by Crippen LogP contribution is 2.40. The molecule has 55 heavy (non-hydrogen) atoms. The van der Waals surface area contributed by atoms with Crippen molar-refractivity contribution in [1.29, 1.82) is 0 Å². The summed E-state index contributed by atoms with van der Waals surface area (Å²) in [5, 5.41) is 1.97. The smallest absolute Gasteiger partial charge is 0.308 e. The maximum atomic E-state index is 13.6. The number of benzene rings is 6. The van der Waals surface area contributed by atoms with Gasteiger partial charge in [0.2, 0.25) is 0 Å². The third-order valence-electron chi connectivity index (χ3n) is 9.51. The predicted molar refractivity (Wildman–Crippen MR) is 209 cm³/mol. The molecule has 266 valence electrons. The Bertz CT molecular complexity index is 2790. The highest BCUT2D eigenvalue weighted by Gasteiger charge is 2.30.